The van der Waals surface area contributed by atoms with E-state index in [-0.39, 0.29) is 6.04 Å². The Morgan fingerprint density at radius 1 is 1.57 bits per heavy atom. The van der Waals surface area contributed by atoms with E-state index in [0.29, 0.717) is 13.0 Å². The van der Waals surface area contributed by atoms with E-state index in [4.69, 9.17) is 9.47 Å². The molecule has 5 heteroatoms. The first-order valence-electron chi connectivity index (χ1n) is 4.68. The second-order valence-electron chi connectivity index (χ2n) is 4.30. The second-order valence-corrected chi connectivity index (χ2v) is 4.30. The van der Waals surface area contributed by atoms with Crippen LogP contribution in [0.25, 0.3) is 0 Å². The Labute approximate surface area is 83.4 Å². The van der Waals surface area contributed by atoms with E-state index in [0.717, 1.165) is 0 Å². The summed E-state index contributed by atoms with van der Waals surface area (Å²) in [6.45, 7) is 5.82. The molecule has 0 spiro atoms. The molecule has 0 radical (unpaired) electrons. The first-order valence-corrected chi connectivity index (χ1v) is 4.68. The lowest BCUT2D eigenvalue weighted by Gasteiger charge is -2.22. The number of hydrogen-bond donors (Lipinski definition) is 2. The molecule has 0 unspecified atom stereocenters. The Kier molecular flexibility index (Phi) is 3.34. The van der Waals surface area contributed by atoms with Gasteiger partial charge in [0.05, 0.1) is 12.6 Å². The molecule has 1 aliphatic heterocycles. The fourth-order valence-corrected chi connectivity index (χ4v) is 1.18. The van der Waals surface area contributed by atoms with Gasteiger partial charge in [0.1, 0.15) is 5.60 Å². The molecule has 82 valence electrons. The van der Waals surface area contributed by atoms with E-state index < -0.39 is 18.0 Å². The van der Waals surface area contributed by atoms with E-state index >= 15 is 0 Å². The quantitative estimate of drug-likeness (QED) is 0.655. The van der Waals surface area contributed by atoms with Crippen LogP contribution in [0.5, 0.6) is 0 Å². The zero-order valence-corrected chi connectivity index (χ0v) is 8.74. The largest absolute Gasteiger partial charge is 0.444 e. The molecule has 1 amide bonds. The van der Waals surface area contributed by atoms with E-state index in [9.17, 15) is 9.90 Å². The molecule has 0 aliphatic carbocycles. The Morgan fingerprint density at radius 3 is 2.64 bits per heavy atom. The van der Waals surface area contributed by atoms with E-state index in [1.807, 2.05) is 0 Å². The van der Waals surface area contributed by atoms with Crippen LogP contribution in [-0.2, 0) is 9.47 Å². The average Bonchev–Trinajstić information content (AvgIpc) is 2.32. The van der Waals surface area contributed by atoms with Crippen molar-refractivity contribution in [2.45, 2.75) is 45.1 Å². The van der Waals surface area contributed by atoms with Gasteiger partial charge in [0.2, 0.25) is 0 Å². The molecule has 14 heavy (non-hydrogen) atoms. The molecular weight excluding hydrogens is 186 g/mol. The van der Waals surface area contributed by atoms with Gasteiger partial charge in [0.15, 0.2) is 6.29 Å². The molecule has 0 aromatic rings. The van der Waals surface area contributed by atoms with Crippen LogP contribution in [0.4, 0.5) is 4.79 Å². The number of ether oxygens (including phenoxy) is 2. The van der Waals surface area contributed by atoms with Gasteiger partial charge < -0.3 is 19.9 Å². The van der Waals surface area contributed by atoms with Crippen molar-refractivity contribution in [2.75, 3.05) is 6.61 Å². The van der Waals surface area contributed by atoms with Gasteiger partial charge in [-0.05, 0) is 27.2 Å². The molecule has 5 nitrogen and oxygen atoms in total. The molecule has 0 saturated carbocycles. The van der Waals surface area contributed by atoms with Crippen LogP contribution in [0, 0.1) is 0 Å². The number of aliphatic hydroxyl groups is 1. The van der Waals surface area contributed by atoms with Crippen molar-refractivity contribution in [2.24, 2.45) is 0 Å². The highest BCUT2D eigenvalue weighted by molar-refractivity contribution is 5.68. The lowest BCUT2D eigenvalue weighted by atomic mass is 10.2. The van der Waals surface area contributed by atoms with Crippen LogP contribution in [-0.4, -0.2) is 35.7 Å². The van der Waals surface area contributed by atoms with E-state index in [1.54, 1.807) is 20.8 Å². The third-order valence-corrected chi connectivity index (χ3v) is 1.76. The summed E-state index contributed by atoms with van der Waals surface area (Å²) in [6, 6.07) is -0.357. The van der Waals surface area contributed by atoms with Crippen molar-refractivity contribution < 1.29 is 19.4 Å². The van der Waals surface area contributed by atoms with Crippen LogP contribution < -0.4 is 5.32 Å². The highest BCUT2D eigenvalue weighted by Gasteiger charge is 2.29. The predicted octanol–water partition coefficient (Wildman–Crippen LogP) is 0.618. The smallest absolute Gasteiger partial charge is 0.408 e. The van der Waals surface area contributed by atoms with Crippen LogP contribution >= 0.6 is 0 Å². The van der Waals surface area contributed by atoms with Gasteiger partial charge in [0, 0.05) is 0 Å². The summed E-state index contributed by atoms with van der Waals surface area (Å²) < 4.78 is 9.91. The number of carbonyl (C=O) groups is 1. The first-order chi connectivity index (χ1) is 6.38. The number of nitrogens with one attached hydrogen (secondary N) is 1. The predicted molar refractivity (Wildman–Crippen MR) is 49.7 cm³/mol. The fourth-order valence-electron chi connectivity index (χ4n) is 1.18. The highest BCUT2D eigenvalue weighted by atomic mass is 16.6. The number of alkyl carbamates (subject to hydrolysis) is 1. The molecule has 0 bridgehead atoms. The summed E-state index contributed by atoms with van der Waals surface area (Å²) in [7, 11) is 0. The first kappa shape index (κ1) is 11.3. The van der Waals surface area contributed by atoms with Crippen molar-refractivity contribution in [3.63, 3.8) is 0 Å². The summed E-state index contributed by atoms with van der Waals surface area (Å²) in [5.41, 5.74) is -0.519. The summed E-state index contributed by atoms with van der Waals surface area (Å²) in [5.74, 6) is 0. The third kappa shape index (κ3) is 3.51. The number of rotatable bonds is 1. The molecule has 1 fully saturated rings. The molecule has 2 atom stereocenters. The van der Waals surface area contributed by atoms with Gasteiger partial charge >= 0.3 is 6.09 Å². The number of carbonyl (C=O) groups excluding carboxylic acids is 1. The summed E-state index contributed by atoms with van der Waals surface area (Å²) in [4.78, 5) is 11.3. The molecule has 1 rings (SSSR count). The highest BCUT2D eigenvalue weighted by Crippen LogP contribution is 2.12. The molecule has 2 N–H and O–H groups in total. The second kappa shape index (κ2) is 4.14. The lowest BCUT2D eigenvalue weighted by molar-refractivity contribution is -0.0723. The van der Waals surface area contributed by atoms with Gasteiger partial charge in [-0.15, -0.1) is 0 Å². The summed E-state index contributed by atoms with van der Waals surface area (Å²) in [6.07, 6.45) is -0.824. The Morgan fingerprint density at radius 2 is 2.21 bits per heavy atom. The SMILES string of the molecule is CC(C)(C)OC(=O)N[C@@H]1CCO[C@@H]1O. The van der Waals surface area contributed by atoms with Gasteiger partial charge in [-0.1, -0.05) is 0 Å². The zero-order chi connectivity index (χ0) is 10.8. The minimum absolute atomic E-state index is 0.357. The van der Waals surface area contributed by atoms with Crippen LogP contribution in [0.2, 0.25) is 0 Å². The monoisotopic (exact) mass is 203 g/mol. The normalized spacial score (nSPS) is 27.4. The third-order valence-electron chi connectivity index (χ3n) is 1.76. The standard InChI is InChI=1S/C9H17NO4/c1-9(2,3)14-8(12)10-6-4-5-13-7(6)11/h6-7,11H,4-5H2,1-3H3,(H,10,12)/t6-,7+/m1/s1. The summed E-state index contributed by atoms with van der Waals surface area (Å²) >= 11 is 0. The van der Waals surface area contributed by atoms with Crippen molar-refractivity contribution in [1.82, 2.24) is 5.32 Å². The number of aliphatic hydroxyl groups excluding tert-OH is 1. The molecule has 1 saturated heterocycles. The Balaban J connectivity index is 2.33. The van der Waals surface area contributed by atoms with Gasteiger partial charge in [0.25, 0.3) is 0 Å². The minimum Gasteiger partial charge on any atom is -0.444 e. The number of amides is 1. The van der Waals surface area contributed by atoms with Crippen molar-refractivity contribution in [1.29, 1.82) is 0 Å². The van der Waals surface area contributed by atoms with Crippen LogP contribution in [0.3, 0.4) is 0 Å². The summed E-state index contributed by atoms with van der Waals surface area (Å²) in [5, 5.41) is 11.8. The topological polar surface area (TPSA) is 67.8 Å². The zero-order valence-electron chi connectivity index (χ0n) is 8.74. The van der Waals surface area contributed by atoms with Crippen LogP contribution in [0.15, 0.2) is 0 Å². The van der Waals surface area contributed by atoms with Gasteiger partial charge in [-0.2, -0.15) is 0 Å². The van der Waals surface area contributed by atoms with Gasteiger partial charge in [-0.25, -0.2) is 4.79 Å². The average molecular weight is 203 g/mol. The molecule has 1 aliphatic rings. The van der Waals surface area contributed by atoms with Gasteiger partial charge in [-0.3, -0.25) is 0 Å². The fraction of sp³-hybridized carbons (Fsp3) is 0.889. The minimum atomic E-state index is -0.914. The molecular formula is C9H17NO4. The van der Waals surface area contributed by atoms with E-state index in [1.165, 1.54) is 0 Å². The van der Waals surface area contributed by atoms with Crippen molar-refractivity contribution in [3.05, 3.63) is 0 Å². The van der Waals surface area contributed by atoms with Crippen LogP contribution in [0.1, 0.15) is 27.2 Å². The molecule has 0 aromatic heterocycles. The maximum atomic E-state index is 11.3. The molecule has 0 aromatic carbocycles. The maximum Gasteiger partial charge on any atom is 0.408 e. The van der Waals surface area contributed by atoms with Crippen molar-refractivity contribution >= 4 is 6.09 Å². The Bertz CT molecular complexity index is 211. The number of hydrogen-bond acceptors (Lipinski definition) is 4. The van der Waals surface area contributed by atoms with E-state index in [2.05, 4.69) is 5.32 Å². The lowest BCUT2D eigenvalue weighted by Crippen LogP contribution is -2.43. The molecule has 1 heterocycles. The van der Waals surface area contributed by atoms with Crippen molar-refractivity contribution in [3.8, 4) is 0 Å². The maximum absolute atomic E-state index is 11.3. The Hall–Kier alpha value is -0.810.